The second-order valence-corrected chi connectivity index (χ2v) is 8.43. The summed E-state index contributed by atoms with van der Waals surface area (Å²) >= 11 is 2.85. The molecule has 0 fully saturated rings. The van der Waals surface area contributed by atoms with Crippen molar-refractivity contribution in [2.24, 2.45) is 0 Å². The third-order valence-electron chi connectivity index (χ3n) is 4.35. The molecule has 2 aromatic heterocycles. The molecule has 0 saturated heterocycles. The topological polar surface area (TPSA) is 81.4 Å². The van der Waals surface area contributed by atoms with Gasteiger partial charge in [0.05, 0.1) is 29.6 Å². The number of rotatable bonds is 7. The van der Waals surface area contributed by atoms with E-state index in [9.17, 15) is 4.79 Å². The highest BCUT2D eigenvalue weighted by Crippen LogP contribution is 2.29. The summed E-state index contributed by atoms with van der Waals surface area (Å²) < 4.78 is 10.5. The van der Waals surface area contributed by atoms with Crippen molar-refractivity contribution in [3.05, 3.63) is 39.8 Å². The molecule has 3 aromatic rings. The van der Waals surface area contributed by atoms with Crippen molar-refractivity contribution in [2.75, 3.05) is 19.9 Å². The van der Waals surface area contributed by atoms with Gasteiger partial charge in [0.25, 0.3) is 5.22 Å². The fourth-order valence-electron chi connectivity index (χ4n) is 2.70. The number of carbonyl (C=O) groups is 1. The van der Waals surface area contributed by atoms with Crippen LogP contribution in [0.15, 0.2) is 34.0 Å². The van der Waals surface area contributed by atoms with E-state index in [0.717, 1.165) is 26.9 Å². The molecule has 0 bridgehead atoms. The van der Waals surface area contributed by atoms with Crippen molar-refractivity contribution < 1.29 is 14.1 Å². The van der Waals surface area contributed by atoms with Gasteiger partial charge in [0.2, 0.25) is 11.7 Å². The Morgan fingerprint density at radius 1 is 1.36 bits per heavy atom. The largest absolute Gasteiger partial charge is 0.497 e. The number of amides is 1. The Bertz CT molecular complexity index is 970. The molecule has 7 nitrogen and oxygen atoms in total. The molecule has 0 radical (unpaired) electrons. The van der Waals surface area contributed by atoms with Gasteiger partial charge in [0.1, 0.15) is 5.75 Å². The van der Waals surface area contributed by atoms with Gasteiger partial charge in [0, 0.05) is 17.5 Å². The highest BCUT2D eigenvalue weighted by atomic mass is 32.2. The summed E-state index contributed by atoms with van der Waals surface area (Å²) in [6, 6.07) is 7.39. The quantitative estimate of drug-likeness (QED) is 0.534. The van der Waals surface area contributed by atoms with Gasteiger partial charge < -0.3 is 14.2 Å². The molecule has 1 aromatic carbocycles. The molecule has 0 N–H and O–H groups in total. The van der Waals surface area contributed by atoms with Gasteiger partial charge in [-0.25, -0.2) is 4.98 Å². The number of aryl methyl sites for hydroxylation is 2. The fourth-order valence-corrected chi connectivity index (χ4v) is 4.41. The molecule has 0 spiro atoms. The number of methoxy groups -OCH3 is 1. The van der Waals surface area contributed by atoms with Crippen LogP contribution in [-0.4, -0.2) is 45.8 Å². The first-order valence-electron chi connectivity index (χ1n) is 8.69. The van der Waals surface area contributed by atoms with Gasteiger partial charge >= 0.3 is 0 Å². The highest BCUT2D eigenvalue weighted by molar-refractivity contribution is 7.99. The predicted octanol–water partition coefficient (Wildman–Crippen LogP) is 4.13. The van der Waals surface area contributed by atoms with Crippen LogP contribution in [0.4, 0.5) is 0 Å². The number of thioether (sulfide) groups is 1. The number of hydrogen-bond acceptors (Lipinski definition) is 8. The van der Waals surface area contributed by atoms with Crippen LogP contribution in [0.2, 0.25) is 0 Å². The minimum Gasteiger partial charge on any atom is -0.497 e. The Kier molecular flexibility index (Phi) is 6.35. The molecule has 0 saturated carbocycles. The van der Waals surface area contributed by atoms with Crippen molar-refractivity contribution in [3.8, 4) is 17.1 Å². The zero-order valence-electron chi connectivity index (χ0n) is 16.4. The summed E-state index contributed by atoms with van der Waals surface area (Å²) in [5, 5.41) is 5.35. The first kappa shape index (κ1) is 20.3. The number of carbonyl (C=O) groups excluding carboxylic acids is 1. The van der Waals surface area contributed by atoms with E-state index in [2.05, 4.69) is 15.1 Å². The minimum atomic E-state index is -0.0330. The van der Waals surface area contributed by atoms with Crippen molar-refractivity contribution in [2.45, 2.75) is 32.0 Å². The molecule has 148 valence electrons. The average Bonchev–Trinajstić information content (AvgIpc) is 3.31. The molecule has 2 heterocycles. The number of thiazole rings is 1. The van der Waals surface area contributed by atoms with E-state index in [4.69, 9.17) is 9.26 Å². The van der Waals surface area contributed by atoms with Crippen LogP contribution < -0.4 is 4.74 Å². The Balaban J connectivity index is 1.61. The van der Waals surface area contributed by atoms with E-state index in [0.29, 0.717) is 11.0 Å². The Hall–Kier alpha value is -2.39. The van der Waals surface area contributed by atoms with Gasteiger partial charge in [-0.3, -0.25) is 4.79 Å². The third kappa shape index (κ3) is 4.53. The molecule has 0 aliphatic rings. The van der Waals surface area contributed by atoms with E-state index < -0.39 is 0 Å². The zero-order valence-corrected chi connectivity index (χ0v) is 18.1. The molecular weight excluding hydrogens is 396 g/mol. The maximum atomic E-state index is 12.6. The van der Waals surface area contributed by atoms with Gasteiger partial charge in [0.15, 0.2) is 0 Å². The third-order valence-corrected chi connectivity index (χ3v) is 6.39. The van der Waals surface area contributed by atoms with Crippen molar-refractivity contribution in [1.29, 1.82) is 0 Å². The lowest BCUT2D eigenvalue weighted by Crippen LogP contribution is -2.31. The van der Waals surface area contributed by atoms with Crippen LogP contribution in [0, 0.1) is 13.8 Å². The molecule has 0 unspecified atom stereocenters. The average molecular weight is 419 g/mol. The summed E-state index contributed by atoms with van der Waals surface area (Å²) in [6.07, 6.45) is 0. The fraction of sp³-hybridized carbons (Fsp3) is 0.368. The molecule has 1 atom stereocenters. The van der Waals surface area contributed by atoms with Crippen molar-refractivity contribution in [1.82, 2.24) is 20.0 Å². The van der Waals surface area contributed by atoms with E-state index in [1.165, 1.54) is 11.8 Å². The summed E-state index contributed by atoms with van der Waals surface area (Å²) in [6.45, 7) is 5.96. The lowest BCUT2D eigenvalue weighted by atomic mass is 10.2. The van der Waals surface area contributed by atoms with E-state index in [1.807, 2.05) is 45.0 Å². The van der Waals surface area contributed by atoms with Crippen LogP contribution in [0.1, 0.15) is 28.5 Å². The summed E-state index contributed by atoms with van der Waals surface area (Å²) in [7, 11) is 3.41. The van der Waals surface area contributed by atoms with E-state index in [1.54, 1.807) is 30.4 Å². The van der Waals surface area contributed by atoms with Crippen molar-refractivity contribution in [3.63, 3.8) is 0 Å². The Morgan fingerprint density at radius 2 is 2.14 bits per heavy atom. The maximum Gasteiger partial charge on any atom is 0.286 e. The normalized spacial score (nSPS) is 12.0. The van der Waals surface area contributed by atoms with Crippen LogP contribution in [0.25, 0.3) is 11.4 Å². The summed E-state index contributed by atoms with van der Waals surface area (Å²) in [4.78, 5) is 24.2. The lowest BCUT2D eigenvalue weighted by molar-refractivity contribution is -0.128. The molecule has 28 heavy (non-hydrogen) atoms. The highest BCUT2D eigenvalue weighted by Gasteiger charge is 2.22. The van der Waals surface area contributed by atoms with Crippen LogP contribution in [-0.2, 0) is 4.79 Å². The number of ether oxygens (including phenoxy) is 1. The number of aromatic nitrogens is 3. The Labute approximate surface area is 172 Å². The molecule has 9 heteroatoms. The summed E-state index contributed by atoms with van der Waals surface area (Å²) in [5.74, 6) is 1.39. The second-order valence-electron chi connectivity index (χ2n) is 6.27. The molecule has 0 aliphatic carbocycles. The zero-order chi connectivity index (χ0) is 20.3. The lowest BCUT2D eigenvalue weighted by Gasteiger charge is -2.24. The Morgan fingerprint density at radius 3 is 2.82 bits per heavy atom. The van der Waals surface area contributed by atoms with Gasteiger partial charge in [-0.05, 0) is 32.9 Å². The summed E-state index contributed by atoms with van der Waals surface area (Å²) in [5.41, 5.74) is 1.77. The maximum absolute atomic E-state index is 12.6. The second kappa shape index (κ2) is 8.74. The van der Waals surface area contributed by atoms with Crippen molar-refractivity contribution >= 4 is 29.0 Å². The van der Waals surface area contributed by atoms with Crippen LogP contribution >= 0.6 is 23.1 Å². The SMILES string of the molecule is COc1cccc(-c2noc(SCC(=O)N(C)[C@@H](C)c3sc(C)nc3C)n2)c1. The van der Waals surface area contributed by atoms with Crippen LogP contribution in [0.5, 0.6) is 5.75 Å². The minimum absolute atomic E-state index is 0.0101. The number of hydrogen-bond donors (Lipinski definition) is 0. The number of nitrogens with zero attached hydrogens (tertiary/aromatic N) is 4. The van der Waals surface area contributed by atoms with Gasteiger partial charge in [-0.15, -0.1) is 11.3 Å². The first-order chi connectivity index (χ1) is 13.4. The first-order valence-corrected chi connectivity index (χ1v) is 10.5. The molecule has 1 amide bonds. The molecule has 0 aliphatic heterocycles. The van der Waals surface area contributed by atoms with E-state index in [-0.39, 0.29) is 17.7 Å². The molecular formula is C19H22N4O3S2. The number of benzene rings is 1. The van der Waals surface area contributed by atoms with Crippen LogP contribution in [0.3, 0.4) is 0 Å². The molecule has 3 rings (SSSR count). The predicted molar refractivity (Wildman–Crippen MR) is 110 cm³/mol. The van der Waals surface area contributed by atoms with Gasteiger partial charge in [-0.2, -0.15) is 4.98 Å². The van der Waals surface area contributed by atoms with Gasteiger partial charge in [-0.1, -0.05) is 29.1 Å². The monoisotopic (exact) mass is 418 g/mol. The smallest absolute Gasteiger partial charge is 0.286 e. The standard InChI is InChI=1S/C19H22N4O3S2/c1-11-17(28-13(3)20-11)12(2)23(4)16(24)10-27-19-21-18(22-26-19)14-7-6-8-15(9-14)25-5/h6-9,12H,10H2,1-5H3/t12-/m0/s1. The van der Waals surface area contributed by atoms with E-state index >= 15 is 0 Å².